The Labute approximate surface area is 104 Å². The molecule has 1 saturated carbocycles. The number of carbonyl (C=O) groups is 1. The fourth-order valence-corrected chi connectivity index (χ4v) is 2.61. The third kappa shape index (κ3) is 3.68. The third-order valence-corrected chi connectivity index (χ3v) is 3.73. The second-order valence-corrected chi connectivity index (χ2v) is 5.04. The molecule has 0 spiro atoms. The molecule has 98 valence electrons. The van der Waals surface area contributed by atoms with Gasteiger partial charge in [0.15, 0.2) is 0 Å². The Bertz CT molecular complexity index is 246. The first-order chi connectivity index (χ1) is 8.29. The van der Waals surface area contributed by atoms with Crippen molar-refractivity contribution < 1.29 is 9.53 Å². The second-order valence-electron chi connectivity index (χ2n) is 5.04. The van der Waals surface area contributed by atoms with E-state index in [1.165, 1.54) is 12.8 Å². The second kappa shape index (κ2) is 6.36. The molecular weight excluding hydrogens is 216 g/mol. The molecule has 1 heterocycles. The SMILES string of the molecule is CCOC1CC(NCCC(=O)N2CCCC2)C1. The molecular formula is C13H24N2O2. The summed E-state index contributed by atoms with van der Waals surface area (Å²) < 4.78 is 5.50. The number of rotatable bonds is 6. The molecule has 0 aromatic carbocycles. The van der Waals surface area contributed by atoms with E-state index in [0.717, 1.165) is 39.1 Å². The van der Waals surface area contributed by atoms with Crippen molar-refractivity contribution in [2.75, 3.05) is 26.2 Å². The fourth-order valence-electron chi connectivity index (χ4n) is 2.61. The van der Waals surface area contributed by atoms with Crippen molar-refractivity contribution >= 4 is 5.91 Å². The van der Waals surface area contributed by atoms with Crippen LogP contribution in [0.2, 0.25) is 0 Å². The zero-order valence-electron chi connectivity index (χ0n) is 10.8. The Morgan fingerprint density at radius 3 is 2.71 bits per heavy atom. The number of amides is 1. The van der Waals surface area contributed by atoms with Gasteiger partial charge in [0, 0.05) is 38.7 Å². The highest BCUT2D eigenvalue weighted by Crippen LogP contribution is 2.23. The van der Waals surface area contributed by atoms with Crippen LogP contribution in [0.4, 0.5) is 0 Å². The highest BCUT2D eigenvalue weighted by atomic mass is 16.5. The largest absolute Gasteiger partial charge is 0.378 e. The average molecular weight is 240 g/mol. The highest BCUT2D eigenvalue weighted by Gasteiger charge is 2.29. The predicted molar refractivity (Wildman–Crippen MR) is 66.9 cm³/mol. The highest BCUT2D eigenvalue weighted by molar-refractivity contribution is 5.76. The molecule has 2 aliphatic rings. The van der Waals surface area contributed by atoms with Gasteiger partial charge in [-0.15, -0.1) is 0 Å². The normalized spacial score (nSPS) is 28.2. The molecule has 4 nitrogen and oxygen atoms in total. The van der Waals surface area contributed by atoms with Gasteiger partial charge in [-0.1, -0.05) is 0 Å². The van der Waals surface area contributed by atoms with Gasteiger partial charge >= 0.3 is 0 Å². The maximum Gasteiger partial charge on any atom is 0.223 e. The van der Waals surface area contributed by atoms with Gasteiger partial charge in [-0.3, -0.25) is 4.79 Å². The third-order valence-electron chi connectivity index (χ3n) is 3.73. The summed E-state index contributed by atoms with van der Waals surface area (Å²) in [5.74, 6) is 0.315. The Morgan fingerprint density at radius 1 is 1.35 bits per heavy atom. The molecule has 1 aliphatic heterocycles. The lowest BCUT2D eigenvalue weighted by Crippen LogP contribution is -2.46. The van der Waals surface area contributed by atoms with Crippen LogP contribution in [0.25, 0.3) is 0 Å². The number of carbonyl (C=O) groups excluding carboxylic acids is 1. The summed E-state index contributed by atoms with van der Waals surface area (Å²) in [7, 11) is 0. The number of likely N-dealkylation sites (tertiary alicyclic amines) is 1. The Kier molecular flexibility index (Phi) is 4.80. The molecule has 1 amide bonds. The molecule has 1 aliphatic carbocycles. The van der Waals surface area contributed by atoms with Gasteiger partial charge in [-0.25, -0.2) is 0 Å². The number of ether oxygens (including phenoxy) is 1. The molecule has 2 rings (SSSR count). The first kappa shape index (κ1) is 12.8. The first-order valence-corrected chi connectivity index (χ1v) is 6.92. The first-order valence-electron chi connectivity index (χ1n) is 6.92. The van der Waals surface area contributed by atoms with E-state index in [1.54, 1.807) is 0 Å². The van der Waals surface area contributed by atoms with Crippen molar-refractivity contribution in [1.29, 1.82) is 0 Å². The lowest BCUT2D eigenvalue weighted by atomic mass is 9.89. The van der Waals surface area contributed by atoms with Crippen LogP contribution in [-0.2, 0) is 9.53 Å². The van der Waals surface area contributed by atoms with Gasteiger partial charge in [-0.2, -0.15) is 0 Å². The van der Waals surface area contributed by atoms with Gasteiger partial charge in [0.25, 0.3) is 0 Å². The molecule has 0 aromatic rings. The molecule has 0 unspecified atom stereocenters. The minimum Gasteiger partial charge on any atom is -0.378 e. The van der Waals surface area contributed by atoms with Gasteiger partial charge in [0.1, 0.15) is 0 Å². The van der Waals surface area contributed by atoms with Crippen LogP contribution >= 0.6 is 0 Å². The quantitative estimate of drug-likeness (QED) is 0.757. The minimum atomic E-state index is 0.315. The van der Waals surface area contributed by atoms with Gasteiger partial charge in [0.2, 0.25) is 5.91 Å². The molecule has 0 radical (unpaired) electrons. The lowest BCUT2D eigenvalue weighted by molar-refractivity contribution is -0.130. The van der Waals surface area contributed by atoms with E-state index in [4.69, 9.17) is 4.74 Å². The van der Waals surface area contributed by atoms with Crippen molar-refractivity contribution in [1.82, 2.24) is 10.2 Å². The van der Waals surface area contributed by atoms with E-state index in [9.17, 15) is 4.79 Å². The molecule has 4 heteroatoms. The lowest BCUT2D eigenvalue weighted by Gasteiger charge is -2.35. The number of hydrogen-bond acceptors (Lipinski definition) is 3. The molecule has 0 bridgehead atoms. The van der Waals surface area contributed by atoms with E-state index in [2.05, 4.69) is 5.32 Å². The summed E-state index contributed by atoms with van der Waals surface area (Å²) in [6.07, 6.45) is 5.66. The van der Waals surface area contributed by atoms with Crippen LogP contribution in [0.5, 0.6) is 0 Å². The zero-order chi connectivity index (χ0) is 12.1. The van der Waals surface area contributed by atoms with Crippen LogP contribution in [0.15, 0.2) is 0 Å². The molecule has 0 atom stereocenters. The van der Waals surface area contributed by atoms with Crippen LogP contribution in [-0.4, -0.2) is 49.2 Å². The molecule has 17 heavy (non-hydrogen) atoms. The van der Waals surface area contributed by atoms with Crippen LogP contribution in [0.1, 0.15) is 39.0 Å². The Morgan fingerprint density at radius 2 is 2.06 bits per heavy atom. The standard InChI is InChI=1S/C13H24N2O2/c1-2-17-12-9-11(10-12)14-6-5-13(16)15-7-3-4-8-15/h11-12,14H,2-10H2,1H3. The topological polar surface area (TPSA) is 41.6 Å². The van der Waals surface area contributed by atoms with Crippen molar-refractivity contribution in [3.05, 3.63) is 0 Å². The van der Waals surface area contributed by atoms with Gasteiger partial charge in [-0.05, 0) is 32.6 Å². The van der Waals surface area contributed by atoms with E-state index in [0.29, 0.717) is 24.5 Å². The maximum atomic E-state index is 11.8. The molecule has 2 fully saturated rings. The predicted octanol–water partition coefficient (Wildman–Crippen LogP) is 1.16. The number of nitrogens with one attached hydrogen (secondary N) is 1. The van der Waals surface area contributed by atoms with E-state index >= 15 is 0 Å². The summed E-state index contributed by atoms with van der Waals surface area (Å²) in [5, 5.41) is 3.43. The minimum absolute atomic E-state index is 0.315. The molecule has 0 aromatic heterocycles. The van der Waals surface area contributed by atoms with Gasteiger partial charge < -0.3 is 15.0 Å². The van der Waals surface area contributed by atoms with E-state index < -0.39 is 0 Å². The van der Waals surface area contributed by atoms with E-state index in [1.807, 2.05) is 11.8 Å². The number of hydrogen-bond donors (Lipinski definition) is 1. The van der Waals surface area contributed by atoms with Crippen LogP contribution in [0.3, 0.4) is 0 Å². The zero-order valence-corrected chi connectivity index (χ0v) is 10.8. The summed E-state index contributed by atoms with van der Waals surface area (Å²) in [4.78, 5) is 13.8. The molecule has 1 saturated heterocycles. The van der Waals surface area contributed by atoms with Crippen molar-refractivity contribution in [3.8, 4) is 0 Å². The van der Waals surface area contributed by atoms with Crippen molar-refractivity contribution in [2.45, 2.75) is 51.2 Å². The average Bonchev–Trinajstić information content (AvgIpc) is 2.78. The summed E-state index contributed by atoms with van der Waals surface area (Å²) in [6.45, 7) is 5.60. The molecule has 1 N–H and O–H groups in total. The summed E-state index contributed by atoms with van der Waals surface area (Å²) in [5.41, 5.74) is 0. The van der Waals surface area contributed by atoms with Crippen molar-refractivity contribution in [2.24, 2.45) is 0 Å². The summed E-state index contributed by atoms with van der Waals surface area (Å²) >= 11 is 0. The summed E-state index contributed by atoms with van der Waals surface area (Å²) in [6, 6.07) is 0.568. The number of nitrogens with zero attached hydrogens (tertiary/aromatic N) is 1. The van der Waals surface area contributed by atoms with Crippen LogP contribution < -0.4 is 5.32 Å². The fraction of sp³-hybridized carbons (Fsp3) is 0.923. The van der Waals surface area contributed by atoms with Crippen molar-refractivity contribution in [3.63, 3.8) is 0 Å². The van der Waals surface area contributed by atoms with Crippen LogP contribution in [0, 0.1) is 0 Å². The monoisotopic (exact) mass is 240 g/mol. The van der Waals surface area contributed by atoms with Gasteiger partial charge in [0.05, 0.1) is 6.10 Å². The Hall–Kier alpha value is -0.610. The van der Waals surface area contributed by atoms with E-state index in [-0.39, 0.29) is 0 Å². The smallest absolute Gasteiger partial charge is 0.223 e. The Balaban J connectivity index is 1.50. The maximum absolute atomic E-state index is 11.8.